The van der Waals surface area contributed by atoms with Crippen molar-refractivity contribution >= 4 is 27.5 Å². The highest BCUT2D eigenvalue weighted by Crippen LogP contribution is 2.21. The highest BCUT2D eigenvalue weighted by molar-refractivity contribution is 9.10. The van der Waals surface area contributed by atoms with Gasteiger partial charge in [0.25, 0.3) is 0 Å². The Hall–Kier alpha value is -0.120. The van der Waals surface area contributed by atoms with Crippen LogP contribution in [0.1, 0.15) is 11.3 Å². The van der Waals surface area contributed by atoms with E-state index in [1.165, 1.54) is 0 Å². The van der Waals surface area contributed by atoms with Crippen LogP contribution in [0.5, 0.6) is 0 Å². The van der Waals surface area contributed by atoms with E-state index in [1.54, 1.807) is 6.07 Å². The number of pyridine rings is 1. The standard InChI is InChI=1S/C7H8BrClN2/c1-4-2-6(9)11-5(3-10)7(4)8/h2H,3,10H2,1H3. The van der Waals surface area contributed by atoms with Gasteiger partial charge in [-0.15, -0.1) is 0 Å². The Morgan fingerprint density at radius 2 is 2.36 bits per heavy atom. The largest absolute Gasteiger partial charge is 0.325 e. The molecule has 0 aromatic carbocycles. The van der Waals surface area contributed by atoms with Crippen LogP contribution in [-0.4, -0.2) is 4.98 Å². The lowest BCUT2D eigenvalue weighted by Crippen LogP contribution is -2.01. The first-order valence-electron chi connectivity index (χ1n) is 3.16. The van der Waals surface area contributed by atoms with Crippen molar-refractivity contribution < 1.29 is 0 Å². The highest BCUT2D eigenvalue weighted by atomic mass is 79.9. The van der Waals surface area contributed by atoms with Gasteiger partial charge in [0.15, 0.2) is 0 Å². The lowest BCUT2D eigenvalue weighted by molar-refractivity contribution is 0.972. The smallest absolute Gasteiger partial charge is 0.129 e. The van der Waals surface area contributed by atoms with Crippen molar-refractivity contribution in [2.45, 2.75) is 13.5 Å². The summed E-state index contributed by atoms with van der Waals surface area (Å²) >= 11 is 9.09. The van der Waals surface area contributed by atoms with E-state index in [9.17, 15) is 0 Å². The molecule has 0 bridgehead atoms. The minimum absolute atomic E-state index is 0.405. The van der Waals surface area contributed by atoms with Crippen molar-refractivity contribution in [3.8, 4) is 0 Å². The van der Waals surface area contributed by atoms with Crippen LogP contribution in [0, 0.1) is 6.92 Å². The van der Waals surface area contributed by atoms with Crippen molar-refractivity contribution in [3.05, 3.63) is 26.9 Å². The zero-order chi connectivity index (χ0) is 8.43. The summed E-state index contributed by atoms with van der Waals surface area (Å²) in [4.78, 5) is 4.05. The minimum Gasteiger partial charge on any atom is -0.325 e. The Kier molecular flexibility index (Phi) is 2.87. The van der Waals surface area contributed by atoms with Gasteiger partial charge < -0.3 is 5.73 Å². The molecule has 4 heteroatoms. The quantitative estimate of drug-likeness (QED) is 0.759. The lowest BCUT2D eigenvalue weighted by atomic mass is 10.2. The van der Waals surface area contributed by atoms with E-state index in [2.05, 4.69) is 20.9 Å². The van der Waals surface area contributed by atoms with E-state index in [0.717, 1.165) is 15.7 Å². The summed E-state index contributed by atoms with van der Waals surface area (Å²) in [5.41, 5.74) is 7.30. The van der Waals surface area contributed by atoms with Gasteiger partial charge in [-0.2, -0.15) is 0 Å². The number of aromatic nitrogens is 1. The van der Waals surface area contributed by atoms with Crippen LogP contribution in [0.4, 0.5) is 0 Å². The summed E-state index contributed by atoms with van der Waals surface area (Å²) in [6, 6.07) is 1.80. The molecule has 60 valence electrons. The van der Waals surface area contributed by atoms with Crippen molar-refractivity contribution in [3.63, 3.8) is 0 Å². The molecular formula is C7H8BrClN2. The summed E-state index contributed by atoms with van der Waals surface area (Å²) in [7, 11) is 0. The SMILES string of the molecule is Cc1cc(Cl)nc(CN)c1Br. The molecule has 0 saturated heterocycles. The average molecular weight is 236 g/mol. The maximum absolute atomic E-state index is 5.71. The van der Waals surface area contributed by atoms with Crippen LogP contribution in [-0.2, 0) is 6.54 Å². The van der Waals surface area contributed by atoms with Crippen LogP contribution in [0.25, 0.3) is 0 Å². The molecule has 0 fully saturated rings. The zero-order valence-electron chi connectivity index (χ0n) is 6.06. The van der Waals surface area contributed by atoms with E-state index in [4.69, 9.17) is 17.3 Å². The number of rotatable bonds is 1. The van der Waals surface area contributed by atoms with Crippen molar-refractivity contribution in [1.82, 2.24) is 4.98 Å². The lowest BCUT2D eigenvalue weighted by Gasteiger charge is -2.03. The van der Waals surface area contributed by atoms with E-state index < -0.39 is 0 Å². The van der Waals surface area contributed by atoms with Gasteiger partial charge in [-0.3, -0.25) is 0 Å². The second-order valence-corrected chi connectivity index (χ2v) is 3.41. The Labute approximate surface area is 78.9 Å². The third-order valence-corrected chi connectivity index (χ3v) is 2.65. The molecule has 11 heavy (non-hydrogen) atoms. The van der Waals surface area contributed by atoms with Gasteiger partial charge >= 0.3 is 0 Å². The van der Waals surface area contributed by atoms with Gasteiger partial charge in [-0.1, -0.05) is 11.6 Å². The molecule has 0 aliphatic rings. The first-order valence-corrected chi connectivity index (χ1v) is 4.34. The average Bonchev–Trinajstić information content (AvgIpc) is 1.96. The fraction of sp³-hybridized carbons (Fsp3) is 0.286. The summed E-state index contributed by atoms with van der Waals surface area (Å²) in [6.45, 7) is 2.36. The number of nitrogens with zero attached hydrogens (tertiary/aromatic N) is 1. The normalized spacial score (nSPS) is 10.2. The third kappa shape index (κ3) is 1.92. The Morgan fingerprint density at radius 1 is 1.73 bits per heavy atom. The fourth-order valence-electron chi connectivity index (χ4n) is 0.815. The van der Waals surface area contributed by atoms with Gasteiger partial charge in [-0.25, -0.2) is 4.98 Å². The maximum atomic E-state index is 5.71. The van der Waals surface area contributed by atoms with Crippen LogP contribution in [0.15, 0.2) is 10.5 Å². The minimum atomic E-state index is 0.405. The van der Waals surface area contributed by atoms with Crippen molar-refractivity contribution in [2.24, 2.45) is 5.73 Å². The van der Waals surface area contributed by atoms with E-state index in [0.29, 0.717) is 11.7 Å². The van der Waals surface area contributed by atoms with Gasteiger partial charge in [0, 0.05) is 11.0 Å². The highest BCUT2D eigenvalue weighted by Gasteiger charge is 2.03. The van der Waals surface area contributed by atoms with Crippen molar-refractivity contribution in [2.75, 3.05) is 0 Å². The molecule has 0 radical (unpaired) electrons. The van der Waals surface area contributed by atoms with E-state index in [-0.39, 0.29) is 0 Å². The Morgan fingerprint density at radius 3 is 2.91 bits per heavy atom. The van der Waals surface area contributed by atoms with Gasteiger partial charge in [0.2, 0.25) is 0 Å². The molecule has 1 heterocycles. The number of aryl methyl sites for hydroxylation is 1. The molecule has 2 N–H and O–H groups in total. The third-order valence-electron chi connectivity index (χ3n) is 1.37. The molecule has 1 aromatic heterocycles. The molecule has 0 spiro atoms. The fourth-order valence-corrected chi connectivity index (χ4v) is 1.45. The zero-order valence-corrected chi connectivity index (χ0v) is 8.41. The number of nitrogens with two attached hydrogens (primary N) is 1. The van der Waals surface area contributed by atoms with E-state index in [1.807, 2.05) is 6.92 Å². The van der Waals surface area contributed by atoms with Crippen LogP contribution in [0.2, 0.25) is 5.15 Å². The molecule has 1 rings (SSSR count). The molecular weight excluding hydrogens is 227 g/mol. The number of halogens is 2. The summed E-state index contributed by atoms with van der Waals surface area (Å²) in [5, 5.41) is 0.492. The molecule has 0 amide bonds. The Bertz CT molecular complexity index is 275. The number of hydrogen-bond acceptors (Lipinski definition) is 2. The van der Waals surface area contributed by atoms with Gasteiger partial charge in [0.05, 0.1) is 5.69 Å². The van der Waals surface area contributed by atoms with Gasteiger partial charge in [-0.05, 0) is 34.5 Å². The van der Waals surface area contributed by atoms with Crippen LogP contribution >= 0.6 is 27.5 Å². The van der Waals surface area contributed by atoms with Gasteiger partial charge in [0.1, 0.15) is 5.15 Å². The summed E-state index contributed by atoms with van der Waals surface area (Å²) in [6.07, 6.45) is 0. The predicted octanol–water partition coefficient (Wildman–Crippen LogP) is 2.26. The summed E-state index contributed by atoms with van der Waals surface area (Å²) < 4.78 is 0.949. The molecule has 0 unspecified atom stereocenters. The first kappa shape index (κ1) is 8.97. The maximum Gasteiger partial charge on any atom is 0.129 e. The first-order chi connectivity index (χ1) is 5.15. The van der Waals surface area contributed by atoms with Crippen molar-refractivity contribution in [1.29, 1.82) is 0 Å². The molecule has 0 atom stereocenters. The molecule has 0 saturated carbocycles. The number of hydrogen-bond donors (Lipinski definition) is 1. The molecule has 1 aromatic rings. The monoisotopic (exact) mass is 234 g/mol. The van der Waals surface area contributed by atoms with Crippen LogP contribution < -0.4 is 5.73 Å². The molecule has 0 aliphatic carbocycles. The second-order valence-electron chi connectivity index (χ2n) is 2.23. The van der Waals surface area contributed by atoms with E-state index >= 15 is 0 Å². The predicted molar refractivity (Wildman–Crippen MR) is 49.6 cm³/mol. The van der Waals surface area contributed by atoms with Crippen LogP contribution in [0.3, 0.4) is 0 Å². The Balaban J connectivity index is 3.24. The summed E-state index contributed by atoms with van der Waals surface area (Å²) in [5.74, 6) is 0. The topological polar surface area (TPSA) is 38.9 Å². The second kappa shape index (κ2) is 3.52. The molecule has 2 nitrogen and oxygen atoms in total. The molecule has 0 aliphatic heterocycles.